The number of carbonyl (C=O) groups is 1. The Morgan fingerprint density at radius 2 is 1.88 bits per heavy atom. The van der Waals surface area contributed by atoms with Crippen molar-refractivity contribution >= 4 is 28.5 Å². The normalized spacial score (nSPS) is 14.6. The average molecular weight is 437 g/mol. The summed E-state index contributed by atoms with van der Waals surface area (Å²) in [5, 5.41) is 7.22. The molecule has 7 nitrogen and oxygen atoms in total. The van der Waals surface area contributed by atoms with E-state index in [1.807, 2.05) is 29.3 Å². The summed E-state index contributed by atoms with van der Waals surface area (Å²) in [5.41, 5.74) is 3.15. The van der Waals surface area contributed by atoms with E-state index in [0.29, 0.717) is 32.0 Å². The van der Waals surface area contributed by atoms with Gasteiger partial charge in [0.15, 0.2) is 5.96 Å². The minimum atomic E-state index is -0.244. The lowest BCUT2D eigenvalue weighted by Gasteiger charge is -2.36. The maximum Gasteiger partial charge on any atom is 0.242 e. The molecule has 2 heterocycles. The molecule has 0 spiro atoms. The van der Waals surface area contributed by atoms with Gasteiger partial charge in [0.2, 0.25) is 5.91 Å². The predicted molar refractivity (Wildman–Crippen MR) is 127 cm³/mol. The molecule has 8 heteroatoms. The Bertz CT molecular complexity index is 1070. The van der Waals surface area contributed by atoms with Crippen LogP contribution in [0.4, 0.5) is 10.1 Å². The molecule has 0 unspecified atom stereocenters. The number of benzene rings is 2. The molecule has 1 aliphatic heterocycles. The summed E-state index contributed by atoms with van der Waals surface area (Å²) in [7, 11) is 1.68. The minimum absolute atomic E-state index is 0.0627. The molecule has 4 rings (SSSR count). The number of amides is 1. The van der Waals surface area contributed by atoms with Gasteiger partial charge in [-0.15, -0.1) is 0 Å². The zero-order chi connectivity index (χ0) is 22.3. The molecule has 168 valence electrons. The number of H-pyrrole nitrogens is 1. The van der Waals surface area contributed by atoms with E-state index in [9.17, 15) is 9.18 Å². The number of anilines is 1. The van der Waals surface area contributed by atoms with Crippen LogP contribution in [-0.4, -0.2) is 68.1 Å². The van der Waals surface area contributed by atoms with Crippen molar-refractivity contribution in [1.29, 1.82) is 0 Å². The van der Waals surface area contributed by atoms with Crippen molar-refractivity contribution in [3.63, 3.8) is 0 Å². The van der Waals surface area contributed by atoms with Crippen molar-refractivity contribution < 1.29 is 9.18 Å². The number of rotatable bonds is 6. The van der Waals surface area contributed by atoms with Gasteiger partial charge in [0, 0.05) is 62.6 Å². The van der Waals surface area contributed by atoms with Gasteiger partial charge in [-0.1, -0.05) is 18.2 Å². The zero-order valence-corrected chi connectivity index (χ0v) is 18.3. The number of piperazine rings is 1. The minimum Gasteiger partial charge on any atom is -0.368 e. The van der Waals surface area contributed by atoms with E-state index in [2.05, 4.69) is 37.6 Å². The van der Waals surface area contributed by atoms with Crippen molar-refractivity contribution in [3.8, 4) is 0 Å². The fourth-order valence-corrected chi connectivity index (χ4v) is 4.02. The molecule has 0 bridgehead atoms. The first-order valence-electron chi connectivity index (χ1n) is 10.9. The van der Waals surface area contributed by atoms with Crippen LogP contribution in [0.15, 0.2) is 59.7 Å². The van der Waals surface area contributed by atoms with Gasteiger partial charge in [0.05, 0.1) is 6.54 Å². The number of aliphatic imine (C=N–C) groups is 1. The predicted octanol–water partition coefficient (Wildman–Crippen LogP) is 2.36. The van der Waals surface area contributed by atoms with E-state index in [4.69, 9.17) is 0 Å². The number of aromatic nitrogens is 1. The molecule has 1 amide bonds. The number of aromatic amines is 1. The van der Waals surface area contributed by atoms with E-state index in [1.54, 1.807) is 19.2 Å². The first-order valence-corrected chi connectivity index (χ1v) is 10.9. The van der Waals surface area contributed by atoms with Gasteiger partial charge in [-0.25, -0.2) is 4.39 Å². The molecule has 0 atom stereocenters. The van der Waals surface area contributed by atoms with Gasteiger partial charge in [0.1, 0.15) is 5.82 Å². The number of halogens is 1. The Kier molecular flexibility index (Phi) is 6.89. The first kappa shape index (κ1) is 21.7. The van der Waals surface area contributed by atoms with Crippen LogP contribution in [-0.2, 0) is 11.2 Å². The van der Waals surface area contributed by atoms with Crippen LogP contribution in [0, 0.1) is 5.82 Å². The monoisotopic (exact) mass is 436 g/mol. The number of hydrogen-bond donors (Lipinski definition) is 3. The van der Waals surface area contributed by atoms with Gasteiger partial charge in [0.25, 0.3) is 0 Å². The van der Waals surface area contributed by atoms with Gasteiger partial charge < -0.3 is 25.4 Å². The molecular weight excluding hydrogens is 407 g/mol. The van der Waals surface area contributed by atoms with Crippen molar-refractivity contribution in [2.45, 2.75) is 6.42 Å². The quantitative estimate of drug-likeness (QED) is 0.410. The highest BCUT2D eigenvalue weighted by atomic mass is 19.1. The van der Waals surface area contributed by atoms with Crippen LogP contribution < -0.4 is 15.5 Å². The zero-order valence-electron chi connectivity index (χ0n) is 18.3. The highest BCUT2D eigenvalue weighted by Gasteiger charge is 2.21. The van der Waals surface area contributed by atoms with E-state index in [0.717, 1.165) is 29.6 Å². The molecule has 0 aliphatic carbocycles. The maximum absolute atomic E-state index is 13.5. The number of nitrogens with one attached hydrogen (secondary N) is 3. The number of fused-ring (bicyclic) bond motifs is 1. The van der Waals surface area contributed by atoms with E-state index >= 15 is 0 Å². The average Bonchev–Trinajstić information content (AvgIpc) is 3.23. The Morgan fingerprint density at radius 3 is 2.62 bits per heavy atom. The summed E-state index contributed by atoms with van der Waals surface area (Å²) < 4.78 is 13.5. The van der Waals surface area contributed by atoms with Crippen molar-refractivity contribution in [1.82, 2.24) is 20.5 Å². The molecule has 1 saturated heterocycles. The molecule has 0 radical (unpaired) electrons. The fraction of sp³-hybridized carbons (Fsp3) is 0.333. The van der Waals surface area contributed by atoms with E-state index in [1.165, 1.54) is 11.8 Å². The lowest BCUT2D eigenvalue weighted by Crippen LogP contribution is -2.52. The summed E-state index contributed by atoms with van der Waals surface area (Å²) in [6.45, 7) is 3.88. The van der Waals surface area contributed by atoms with Crippen LogP contribution in [0.1, 0.15) is 5.56 Å². The third-order valence-electron chi connectivity index (χ3n) is 5.80. The highest BCUT2D eigenvalue weighted by Crippen LogP contribution is 2.19. The van der Waals surface area contributed by atoms with Crippen molar-refractivity contribution in [2.24, 2.45) is 4.99 Å². The Hall–Kier alpha value is -3.55. The Balaban J connectivity index is 1.20. The van der Waals surface area contributed by atoms with Gasteiger partial charge in [-0.05, 0) is 42.3 Å². The standard InChI is InChI=1S/C24H29FN6O/c1-26-24(27-10-9-18-16-28-22-8-7-19(25)15-21(18)22)29-17-23(32)31-13-11-30(12-14-31)20-5-3-2-4-6-20/h2-8,15-16,28H,9-14,17H2,1H3,(H2,26,27,29). The van der Waals surface area contributed by atoms with Crippen LogP contribution in [0.2, 0.25) is 0 Å². The van der Waals surface area contributed by atoms with Crippen LogP contribution >= 0.6 is 0 Å². The second-order valence-corrected chi connectivity index (χ2v) is 7.81. The number of guanidine groups is 1. The molecule has 1 aromatic heterocycles. The van der Waals surface area contributed by atoms with Gasteiger partial charge in [-0.3, -0.25) is 9.79 Å². The second-order valence-electron chi connectivity index (χ2n) is 7.81. The van der Waals surface area contributed by atoms with E-state index in [-0.39, 0.29) is 18.3 Å². The summed E-state index contributed by atoms with van der Waals surface area (Å²) in [6, 6.07) is 15.0. The molecular formula is C24H29FN6O. The largest absolute Gasteiger partial charge is 0.368 e. The Morgan fingerprint density at radius 1 is 1.09 bits per heavy atom. The maximum atomic E-state index is 13.5. The van der Waals surface area contributed by atoms with E-state index < -0.39 is 0 Å². The van der Waals surface area contributed by atoms with Gasteiger partial charge in [-0.2, -0.15) is 0 Å². The fourth-order valence-electron chi connectivity index (χ4n) is 4.02. The second kappa shape index (κ2) is 10.2. The SMILES string of the molecule is CN=C(NCCc1c[nH]c2ccc(F)cc12)NCC(=O)N1CCN(c2ccccc2)CC1. The number of para-hydroxylation sites is 1. The molecule has 1 fully saturated rings. The highest BCUT2D eigenvalue weighted by molar-refractivity contribution is 5.87. The number of hydrogen-bond acceptors (Lipinski definition) is 3. The van der Waals surface area contributed by atoms with Crippen molar-refractivity contribution in [2.75, 3.05) is 51.2 Å². The molecule has 32 heavy (non-hydrogen) atoms. The van der Waals surface area contributed by atoms with Crippen LogP contribution in [0.5, 0.6) is 0 Å². The smallest absolute Gasteiger partial charge is 0.242 e. The van der Waals surface area contributed by atoms with Gasteiger partial charge >= 0.3 is 0 Å². The summed E-state index contributed by atoms with van der Waals surface area (Å²) in [6.07, 6.45) is 2.61. The third kappa shape index (κ3) is 5.19. The lowest BCUT2D eigenvalue weighted by molar-refractivity contribution is -0.130. The number of carbonyl (C=O) groups excluding carboxylic acids is 1. The molecule has 0 saturated carbocycles. The Labute approximate surface area is 187 Å². The summed E-state index contributed by atoms with van der Waals surface area (Å²) >= 11 is 0. The first-order chi connectivity index (χ1) is 15.6. The molecule has 3 aromatic rings. The van der Waals surface area contributed by atoms with Crippen LogP contribution in [0.25, 0.3) is 10.9 Å². The molecule has 2 aromatic carbocycles. The summed E-state index contributed by atoms with van der Waals surface area (Å²) in [5.74, 6) is 0.395. The van der Waals surface area contributed by atoms with Crippen LogP contribution in [0.3, 0.4) is 0 Å². The molecule has 1 aliphatic rings. The lowest BCUT2D eigenvalue weighted by atomic mass is 10.1. The number of nitrogens with zero attached hydrogens (tertiary/aromatic N) is 3. The summed E-state index contributed by atoms with van der Waals surface area (Å²) in [4.78, 5) is 24.2. The molecule has 3 N–H and O–H groups in total. The topological polar surface area (TPSA) is 75.8 Å². The third-order valence-corrected chi connectivity index (χ3v) is 5.80. The van der Waals surface area contributed by atoms with Crippen molar-refractivity contribution in [3.05, 3.63) is 66.1 Å².